The molecule has 0 unspecified atom stereocenters. The Morgan fingerprint density at radius 2 is 2.33 bits per heavy atom. The van der Waals surface area contributed by atoms with Crippen LogP contribution in [0.2, 0.25) is 0 Å². The molecule has 2 N–H and O–H groups in total. The van der Waals surface area contributed by atoms with Crippen molar-refractivity contribution in [1.29, 1.82) is 0 Å². The van der Waals surface area contributed by atoms with Gasteiger partial charge in [-0.2, -0.15) is 0 Å². The van der Waals surface area contributed by atoms with Gasteiger partial charge in [0.1, 0.15) is 5.82 Å². The highest BCUT2D eigenvalue weighted by Crippen LogP contribution is 2.45. The zero-order valence-electron chi connectivity index (χ0n) is 10.2. The first-order valence-electron chi connectivity index (χ1n) is 6.58. The molecular formula is C14H18FNO2. The quantitative estimate of drug-likeness (QED) is 0.867. The number of anilines is 1. The van der Waals surface area contributed by atoms with E-state index >= 15 is 0 Å². The van der Waals surface area contributed by atoms with E-state index in [9.17, 15) is 4.39 Å². The number of aliphatic hydroxyl groups excluding tert-OH is 1. The lowest BCUT2D eigenvalue weighted by atomic mass is 9.82. The Morgan fingerprint density at radius 3 is 3.17 bits per heavy atom. The number of hydrogen-bond donors (Lipinski definition) is 2. The molecule has 0 saturated carbocycles. The monoisotopic (exact) mass is 251 g/mol. The molecule has 98 valence electrons. The number of rotatable bonds is 3. The minimum absolute atomic E-state index is 0.0145. The van der Waals surface area contributed by atoms with Crippen LogP contribution in [0.25, 0.3) is 0 Å². The second-order valence-corrected chi connectivity index (χ2v) is 5.09. The summed E-state index contributed by atoms with van der Waals surface area (Å²) < 4.78 is 19.1. The number of nitrogens with one attached hydrogen (secondary N) is 1. The normalized spacial score (nSPS) is 29.6. The summed E-state index contributed by atoms with van der Waals surface area (Å²) in [4.78, 5) is 0. The predicted octanol–water partition coefficient (Wildman–Crippen LogP) is 2.47. The number of fused-ring (bicyclic) bond motifs is 3. The first kappa shape index (κ1) is 11.9. The number of benzene rings is 1. The SMILES string of the molecule is OCCC[C@@H]1Nc2ccc(F)cc2[C@@H]2OCC[C@@H]12. The van der Waals surface area contributed by atoms with Crippen LogP contribution in [-0.2, 0) is 4.74 Å². The van der Waals surface area contributed by atoms with Crippen LogP contribution in [0.15, 0.2) is 18.2 Å². The summed E-state index contributed by atoms with van der Waals surface area (Å²) in [6.45, 7) is 0.954. The van der Waals surface area contributed by atoms with Crippen LogP contribution in [0.1, 0.15) is 30.9 Å². The average Bonchev–Trinajstić information content (AvgIpc) is 2.86. The topological polar surface area (TPSA) is 41.5 Å². The molecule has 0 amide bonds. The van der Waals surface area contributed by atoms with Crippen LogP contribution < -0.4 is 5.32 Å². The smallest absolute Gasteiger partial charge is 0.123 e. The lowest BCUT2D eigenvalue weighted by Gasteiger charge is -2.36. The van der Waals surface area contributed by atoms with E-state index < -0.39 is 0 Å². The Balaban J connectivity index is 1.89. The largest absolute Gasteiger partial charge is 0.396 e. The Morgan fingerprint density at radius 1 is 1.44 bits per heavy atom. The maximum atomic E-state index is 13.3. The van der Waals surface area contributed by atoms with Gasteiger partial charge in [0, 0.05) is 36.4 Å². The van der Waals surface area contributed by atoms with Crippen molar-refractivity contribution in [3.63, 3.8) is 0 Å². The fourth-order valence-electron chi connectivity index (χ4n) is 3.14. The molecule has 3 rings (SSSR count). The van der Waals surface area contributed by atoms with Crippen molar-refractivity contribution in [3.8, 4) is 0 Å². The van der Waals surface area contributed by atoms with Gasteiger partial charge in [0.25, 0.3) is 0 Å². The summed E-state index contributed by atoms with van der Waals surface area (Å²) in [5.74, 6) is 0.185. The highest BCUT2D eigenvalue weighted by Gasteiger charge is 2.40. The predicted molar refractivity (Wildman–Crippen MR) is 66.9 cm³/mol. The fraction of sp³-hybridized carbons (Fsp3) is 0.571. The van der Waals surface area contributed by atoms with E-state index in [2.05, 4.69) is 5.32 Å². The van der Waals surface area contributed by atoms with Crippen molar-refractivity contribution in [2.45, 2.75) is 31.4 Å². The number of hydrogen-bond acceptors (Lipinski definition) is 3. The molecule has 1 aromatic rings. The highest BCUT2D eigenvalue weighted by molar-refractivity contribution is 5.56. The number of ether oxygens (including phenoxy) is 1. The molecule has 1 saturated heterocycles. The lowest BCUT2D eigenvalue weighted by molar-refractivity contribution is 0.0810. The van der Waals surface area contributed by atoms with E-state index in [0.717, 1.165) is 37.1 Å². The van der Waals surface area contributed by atoms with Gasteiger partial charge in [-0.3, -0.25) is 0 Å². The average molecular weight is 251 g/mol. The Kier molecular flexibility index (Phi) is 3.22. The standard InChI is InChI=1S/C14H18FNO2/c15-9-3-4-13-11(8-9)14-10(5-7-18-14)12(16-13)2-1-6-17/h3-4,8,10,12,14,16-17H,1-2,5-7H2/t10-,12-,14+/m0/s1. The van der Waals surface area contributed by atoms with Crippen LogP contribution >= 0.6 is 0 Å². The Labute approximate surface area is 106 Å². The van der Waals surface area contributed by atoms with E-state index in [1.807, 2.05) is 0 Å². The van der Waals surface area contributed by atoms with E-state index in [1.165, 1.54) is 6.07 Å². The minimum atomic E-state index is -0.210. The summed E-state index contributed by atoms with van der Waals surface area (Å²) in [6, 6.07) is 5.16. The van der Waals surface area contributed by atoms with Crippen LogP contribution in [0.3, 0.4) is 0 Å². The summed E-state index contributed by atoms with van der Waals surface area (Å²) >= 11 is 0. The van der Waals surface area contributed by atoms with Gasteiger partial charge in [-0.05, 0) is 37.5 Å². The van der Waals surface area contributed by atoms with Gasteiger partial charge < -0.3 is 15.2 Å². The maximum absolute atomic E-state index is 13.3. The molecule has 1 aromatic carbocycles. The van der Waals surface area contributed by atoms with E-state index in [-0.39, 0.29) is 18.5 Å². The molecule has 0 radical (unpaired) electrons. The van der Waals surface area contributed by atoms with Crippen molar-refractivity contribution >= 4 is 5.69 Å². The van der Waals surface area contributed by atoms with E-state index in [1.54, 1.807) is 12.1 Å². The van der Waals surface area contributed by atoms with Gasteiger partial charge in [0.05, 0.1) is 6.10 Å². The maximum Gasteiger partial charge on any atom is 0.123 e. The molecule has 1 fully saturated rings. The molecule has 0 aromatic heterocycles. The third-order valence-electron chi connectivity index (χ3n) is 3.99. The van der Waals surface area contributed by atoms with Crippen molar-refractivity contribution < 1.29 is 14.2 Å². The van der Waals surface area contributed by atoms with Crippen molar-refractivity contribution in [2.24, 2.45) is 5.92 Å². The lowest BCUT2D eigenvalue weighted by Crippen LogP contribution is -2.36. The van der Waals surface area contributed by atoms with Gasteiger partial charge in [-0.15, -0.1) is 0 Å². The van der Waals surface area contributed by atoms with Gasteiger partial charge in [0.2, 0.25) is 0 Å². The fourth-order valence-corrected chi connectivity index (χ4v) is 3.14. The van der Waals surface area contributed by atoms with Crippen molar-refractivity contribution in [2.75, 3.05) is 18.5 Å². The van der Waals surface area contributed by atoms with E-state index in [4.69, 9.17) is 9.84 Å². The second-order valence-electron chi connectivity index (χ2n) is 5.09. The summed E-state index contributed by atoms with van der Waals surface area (Å²) in [6.07, 6.45) is 2.74. The molecule has 4 heteroatoms. The molecule has 3 nitrogen and oxygen atoms in total. The third kappa shape index (κ3) is 1.99. The molecule has 2 aliphatic rings. The van der Waals surface area contributed by atoms with Gasteiger partial charge in [-0.1, -0.05) is 0 Å². The molecule has 2 aliphatic heterocycles. The Bertz CT molecular complexity index is 438. The molecule has 2 heterocycles. The minimum Gasteiger partial charge on any atom is -0.396 e. The first-order chi connectivity index (χ1) is 8.79. The van der Waals surface area contributed by atoms with Crippen LogP contribution in [0, 0.1) is 11.7 Å². The van der Waals surface area contributed by atoms with Crippen LogP contribution in [0.4, 0.5) is 10.1 Å². The van der Waals surface area contributed by atoms with Crippen LogP contribution in [0.5, 0.6) is 0 Å². The molecule has 0 aliphatic carbocycles. The number of aliphatic hydroxyl groups is 1. The number of halogens is 1. The van der Waals surface area contributed by atoms with Gasteiger partial charge in [0.15, 0.2) is 0 Å². The van der Waals surface area contributed by atoms with Gasteiger partial charge >= 0.3 is 0 Å². The molecular weight excluding hydrogens is 233 g/mol. The molecule has 18 heavy (non-hydrogen) atoms. The zero-order chi connectivity index (χ0) is 12.5. The van der Waals surface area contributed by atoms with Crippen molar-refractivity contribution in [1.82, 2.24) is 0 Å². The Hall–Kier alpha value is -1.13. The molecule has 3 atom stereocenters. The summed E-state index contributed by atoms with van der Waals surface area (Å²) in [5.41, 5.74) is 1.92. The summed E-state index contributed by atoms with van der Waals surface area (Å²) in [5, 5.41) is 12.4. The van der Waals surface area contributed by atoms with Gasteiger partial charge in [-0.25, -0.2) is 4.39 Å². The third-order valence-corrected chi connectivity index (χ3v) is 3.99. The molecule has 0 spiro atoms. The summed E-state index contributed by atoms with van der Waals surface area (Å²) in [7, 11) is 0. The van der Waals surface area contributed by atoms with Crippen LogP contribution in [-0.4, -0.2) is 24.4 Å². The zero-order valence-corrected chi connectivity index (χ0v) is 10.2. The molecule has 0 bridgehead atoms. The van der Waals surface area contributed by atoms with Crippen molar-refractivity contribution in [3.05, 3.63) is 29.6 Å². The van der Waals surface area contributed by atoms with E-state index in [0.29, 0.717) is 12.0 Å². The first-order valence-corrected chi connectivity index (χ1v) is 6.58. The second kappa shape index (κ2) is 4.86. The highest BCUT2D eigenvalue weighted by atomic mass is 19.1.